The van der Waals surface area contributed by atoms with Crippen LogP contribution >= 0.6 is 23.8 Å². The highest BCUT2D eigenvalue weighted by atomic mass is 35.5. The molecule has 0 radical (unpaired) electrons. The molecule has 2 rings (SSSR count). The van der Waals surface area contributed by atoms with Crippen LogP contribution in [0.15, 0.2) is 46.1 Å². The number of halogens is 1. The Kier molecular flexibility index (Phi) is 4.54. The van der Waals surface area contributed by atoms with Gasteiger partial charge < -0.3 is 9.73 Å². The molecule has 0 bridgehead atoms. The van der Waals surface area contributed by atoms with Crippen molar-refractivity contribution in [3.63, 3.8) is 0 Å². The van der Waals surface area contributed by atoms with E-state index < -0.39 is 0 Å². The van der Waals surface area contributed by atoms with Crippen molar-refractivity contribution in [3.8, 4) is 0 Å². The number of thiocarbonyl (C=S) groups is 1. The number of hydrogen-bond acceptors (Lipinski definition) is 3. The molecule has 2 N–H and O–H groups in total. The summed E-state index contributed by atoms with van der Waals surface area (Å²) in [4.78, 5) is 0. The van der Waals surface area contributed by atoms with E-state index in [0.29, 0.717) is 15.9 Å². The summed E-state index contributed by atoms with van der Waals surface area (Å²) in [5.74, 6) is 0.647. The molecule has 0 spiro atoms. The van der Waals surface area contributed by atoms with Gasteiger partial charge in [0.1, 0.15) is 5.76 Å². The predicted molar refractivity (Wildman–Crippen MR) is 81.8 cm³/mol. The van der Waals surface area contributed by atoms with Gasteiger partial charge in [-0.15, -0.1) is 0 Å². The van der Waals surface area contributed by atoms with Gasteiger partial charge in [-0.3, -0.25) is 5.43 Å². The number of nitrogens with zero attached hydrogens (tertiary/aromatic N) is 1. The third kappa shape index (κ3) is 3.81. The number of rotatable bonds is 3. The first-order valence-corrected chi connectivity index (χ1v) is 6.34. The molecular weight excluding hydrogens is 282 g/mol. The third-order valence-electron chi connectivity index (χ3n) is 2.42. The standard InChI is InChI=1S/C13H12ClN3OS/c1-9-11(14)5-2-6-12(9)16-13(19)17-15-8-10-4-3-7-18-10/h2-8H,1H3,(H2,16,17,19)/b15-8+. The highest BCUT2D eigenvalue weighted by Crippen LogP contribution is 2.22. The van der Waals surface area contributed by atoms with E-state index >= 15 is 0 Å². The average molecular weight is 294 g/mol. The molecule has 0 unspecified atom stereocenters. The predicted octanol–water partition coefficient (Wildman–Crippen LogP) is 3.56. The summed E-state index contributed by atoms with van der Waals surface area (Å²) in [6.45, 7) is 1.92. The van der Waals surface area contributed by atoms with Crippen LogP contribution in [0.1, 0.15) is 11.3 Å². The fourth-order valence-electron chi connectivity index (χ4n) is 1.41. The molecule has 0 saturated carbocycles. The van der Waals surface area contributed by atoms with Crippen molar-refractivity contribution in [2.45, 2.75) is 6.92 Å². The molecule has 0 amide bonds. The summed E-state index contributed by atoms with van der Waals surface area (Å²) in [5.41, 5.74) is 4.48. The summed E-state index contributed by atoms with van der Waals surface area (Å²) in [6.07, 6.45) is 3.12. The molecule has 0 fully saturated rings. The van der Waals surface area contributed by atoms with E-state index in [0.717, 1.165) is 11.3 Å². The van der Waals surface area contributed by atoms with Crippen LogP contribution in [0.4, 0.5) is 5.69 Å². The minimum absolute atomic E-state index is 0.383. The van der Waals surface area contributed by atoms with Crippen LogP contribution in [-0.4, -0.2) is 11.3 Å². The lowest BCUT2D eigenvalue weighted by Crippen LogP contribution is -2.24. The van der Waals surface area contributed by atoms with Gasteiger partial charge in [0.25, 0.3) is 0 Å². The lowest BCUT2D eigenvalue weighted by atomic mass is 10.2. The SMILES string of the molecule is Cc1c(Cl)cccc1NC(=S)N/N=C/c1ccco1. The van der Waals surface area contributed by atoms with Crippen molar-refractivity contribution < 1.29 is 4.42 Å². The molecule has 0 aliphatic heterocycles. The Morgan fingerprint density at radius 1 is 1.37 bits per heavy atom. The van der Waals surface area contributed by atoms with Gasteiger partial charge in [0.05, 0.1) is 12.5 Å². The highest BCUT2D eigenvalue weighted by molar-refractivity contribution is 7.80. The minimum atomic E-state index is 0.383. The normalized spacial score (nSPS) is 10.6. The van der Waals surface area contributed by atoms with E-state index in [1.54, 1.807) is 24.6 Å². The Morgan fingerprint density at radius 3 is 2.95 bits per heavy atom. The molecule has 0 aliphatic rings. The Bertz CT molecular complexity index is 596. The van der Waals surface area contributed by atoms with E-state index in [9.17, 15) is 0 Å². The molecule has 1 aromatic carbocycles. The van der Waals surface area contributed by atoms with Gasteiger partial charge in [-0.2, -0.15) is 5.10 Å². The van der Waals surface area contributed by atoms with Crippen LogP contribution in [-0.2, 0) is 0 Å². The zero-order valence-corrected chi connectivity index (χ0v) is 11.8. The van der Waals surface area contributed by atoms with Crippen molar-refractivity contribution in [3.05, 3.63) is 52.9 Å². The molecular formula is C13H12ClN3OS. The van der Waals surface area contributed by atoms with Gasteiger partial charge in [0, 0.05) is 10.7 Å². The zero-order chi connectivity index (χ0) is 13.7. The number of hydrogen-bond donors (Lipinski definition) is 2. The number of nitrogens with one attached hydrogen (secondary N) is 2. The largest absolute Gasteiger partial charge is 0.463 e. The zero-order valence-electron chi connectivity index (χ0n) is 10.2. The first-order chi connectivity index (χ1) is 9.16. The van der Waals surface area contributed by atoms with Crippen LogP contribution in [0.2, 0.25) is 5.02 Å². The van der Waals surface area contributed by atoms with Gasteiger partial charge in [0.15, 0.2) is 5.11 Å². The molecule has 1 heterocycles. The van der Waals surface area contributed by atoms with Crippen molar-refractivity contribution in [2.75, 3.05) is 5.32 Å². The quantitative estimate of drug-likeness (QED) is 0.516. The average Bonchev–Trinajstić information content (AvgIpc) is 2.88. The Labute approximate surface area is 121 Å². The van der Waals surface area contributed by atoms with E-state index in [-0.39, 0.29) is 0 Å². The monoisotopic (exact) mass is 293 g/mol. The van der Waals surface area contributed by atoms with Gasteiger partial charge in [-0.05, 0) is 49.0 Å². The maximum Gasteiger partial charge on any atom is 0.191 e. The number of furan rings is 1. The summed E-state index contributed by atoms with van der Waals surface area (Å²) in [7, 11) is 0. The van der Waals surface area contributed by atoms with Gasteiger partial charge in [0.2, 0.25) is 0 Å². The first-order valence-electron chi connectivity index (χ1n) is 5.55. The molecule has 2 aromatic rings. The molecule has 6 heteroatoms. The molecule has 0 saturated heterocycles. The summed E-state index contributed by atoms with van der Waals surface area (Å²) in [6, 6.07) is 9.15. The fourth-order valence-corrected chi connectivity index (χ4v) is 1.75. The summed E-state index contributed by atoms with van der Waals surface area (Å²) < 4.78 is 5.10. The van der Waals surface area contributed by atoms with Crippen LogP contribution < -0.4 is 10.7 Å². The van der Waals surface area contributed by atoms with Gasteiger partial charge in [-0.25, -0.2) is 0 Å². The maximum atomic E-state index is 6.02. The third-order valence-corrected chi connectivity index (χ3v) is 3.02. The van der Waals surface area contributed by atoms with Crippen molar-refractivity contribution in [1.29, 1.82) is 0 Å². The van der Waals surface area contributed by atoms with Crippen molar-refractivity contribution in [1.82, 2.24) is 5.43 Å². The Hall–Kier alpha value is -1.85. The number of hydrazone groups is 1. The Balaban J connectivity index is 1.93. The first kappa shape index (κ1) is 13.6. The second kappa shape index (κ2) is 6.36. The van der Waals surface area contributed by atoms with E-state index in [1.165, 1.54) is 0 Å². The molecule has 0 aliphatic carbocycles. The van der Waals surface area contributed by atoms with Crippen LogP contribution in [0, 0.1) is 6.92 Å². The lowest BCUT2D eigenvalue weighted by molar-refractivity contribution is 0.560. The van der Waals surface area contributed by atoms with Crippen molar-refractivity contribution in [2.24, 2.45) is 5.10 Å². The van der Waals surface area contributed by atoms with Crippen molar-refractivity contribution >= 4 is 40.8 Å². The second-order valence-electron chi connectivity index (χ2n) is 3.75. The topological polar surface area (TPSA) is 49.6 Å². The maximum absolute atomic E-state index is 6.02. The van der Waals surface area contributed by atoms with E-state index in [1.807, 2.05) is 25.1 Å². The van der Waals surface area contributed by atoms with Crippen LogP contribution in [0.25, 0.3) is 0 Å². The lowest BCUT2D eigenvalue weighted by Gasteiger charge is -2.10. The Morgan fingerprint density at radius 2 is 2.21 bits per heavy atom. The molecule has 98 valence electrons. The molecule has 19 heavy (non-hydrogen) atoms. The molecule has 0 atom stereocenters. The summed E-state index contributed by atoms with van der Waals surface area (Å²) in [5, 5.41) is 8.05. The molecule has 1 aromatic heterocycles. The highest BCUT2D eigenvalue weighted by Gasteiger charge is 2.03. The smallest absolute Gasteiger partial charge is 0.191 e. The second-order valence-corrected chi connectivity index (χ2v) is 4.57. The van der Waals surface area contributed by atoms with E-state index in [4.69, 9.17) is 28.2 Å². The summed E-state index contributed by atoms with van der Waals surface area (Å²) >= 11 is 11.1. The number of benzene rings is 1. The van der Waals surface area contributed by atoms with E-state index in [2.05, 4.69) is 15.8 Å². The number of anilines is 1. The molecule has 4 nitrogen and oxygen atoms in total. The van der Waals surface area contributed by atoms with Gasteiger partial charge >= 0.3 is 0 Å². The fraction of sp³-hybridized carbons (Fsp3) is 0.0769. The van der Waals surface area contributed by atoms with Gasteiger partial charge in [-0.1, -0.05) is 17.7 Å². The van der Waals surface area contributed by atoms with Crippen LogP contribution in [0.5, 0.6) is 0 Å². The minimum Gasteiger partial charge on any atom is -0.463 e. The van der Waals surface area contributed by atoms with Crippen LogP contribution in [0.3, 0.4) is 0 Å².